The Morgan fingerprint density at radius 1 is 1.08 bits per heavy atom. The van der Waals surface area contributed by atoms with E-state index in [2.05, 4.69) is 11.6 Å². The molecule has 0 saturated carbocycles. The van der Waals surface area contributed by atoms with Crippen LogP contribution in [0.5, 0.6) is 17.2 Å². The van der Waals surface area contributed by atoms with Crippen LogP contribution in [0.25, 0.3) is 6.08 Å². The molecular formula is C27H26N2O6S. The number of carbonyl (C=O) groups excluding carboxylic acids is 1. The largest absolute Gasteiger partial charge is 0.497 e. The number of fused-ring (bicyclic) bond motifs is 1. The molecule has 1 unspecified atom stereocenters. The average molecular weight is 507 g/mol. The summed E-state index contributed by atoms with van der Waals surface area (Å²) in [6.45, 7) is 5.38. The minimum absolute atomic E-state index is 0.0379. The Morgan fingerprint density at radius 2 is 1.81 bits per heavy atom. The highest BCUT2D eigenvalue weighted by molar-refractivity contribution is 7.07. The quantitative estimate of drug-likeness (QED) is 0.345. The highest BCUT2D eigenvalue weighted by Crippen LogP contribution is 2.36. The summed E-state index contributed by atoms with van der Waals surface area (Å²) < 4.78 is 23.4. The zero-order chi connectivity index (χ0) is 25.8. The van der Waals surface area contributed by atoms with Crippen LogP contribution in [-0.4, -0.2) is 38.5 Å². The van der Waals surface area contributed by atoms with Gasteiger partial charge in [-0.3, -0.25) is 9.36 Å². The van der Waals surface area contributed by atoms with Gasteiger partial charge in [-0.05, 0) is 48.4 Å². The van der Waals surface area contributed by atoms with Gasteiger partial charge < -0.3 is 18.9 Å². The van der Waals surface area contributed by atoms with Crippen LogP contribution in [0, 0.1) is 0 Å². The van der Waals surface area contributed by atoms with Crippen molar-refractivity contribution in [2.45, 2.75) is 13.0 Å². The summed E-state index contributed by atoms with van der Waals surface area (Å²) >= 11 is 1.26. The highest BCUT2D eigenvalue weighted by Gasteiger charge is 2.34. The zero-order valence-corrected chi connectivity index (χ0v) is 21.3. The Balaban J connectivity index is 1.93. The molecular weight excluding hydrogens is 480 g/mol. The van der Waals surface area contributed by atoms with Gasteiger partial charge in [-0.2, -0.15) is 0 Å². The van der Waals surface area contributed by atoms with E-state index in [1.54, 1.807) is 45.4 Å². The normalized spacial score (nSPS) is 15.1. The number of benzene rings is 2. The lowest BCUT2D eigenvalue weighted by molar-refractivity contribution is -0.138. The van der Waals surface area contributed by atoms with Crippen molar-refractivity contribution >= 4 is 23.4 Å². The summed E-state index contributed by atoms with van der Waals surface area (Å²) in [5.41, 5.74) is 1.97. The predicted molar refractivity (Wildman–Crippen MR) is 137 cm³/mol. The van der Waals surface area contributed by atoms with Crippen LogP contribution < -0.4 is 29.1 Å². The maximum absolute atomic E-state index is 13.7. The Bertz CT molecular complexity index is 1520. The number of rotatable bonds is 8. The van der Waals surface area contributed by atoms with E-state index in [1.807, 2.05) is 24.3 Å². The van der Waals surface area contributed by atoms with Crippen molar-refractivity contribution < 1.29 is 23.7 Å². The fraction of sp³-hybridized carbons (Fsp3) is 0.222. The molecule has 2 aromatic carbocycles. The Morgan fingerprint density at radius 3 is 2.44 bits per heavy atom. The lowest BCUT2D eigenvalue weighted by Crippen LogP contribution is -2.40. The van der Waals surface area contributed by atoms with Crippen LogP contribution in [-0.2, 0) is 9.53 Å². The number of methoxy groups -OCH3 is 3. The fourth-order valence-electron chi connectivity index (χ4n) is 3.98. The summed E-state index contributed by atoms with van der Waals surface area (Å²) in [7, 11) is 4.67. The number of esters is 1. The number of aromatic nitrogens is 1. The van der Waals surface area contributed by atoms with Crippen molar-refractivity contribution in [3.8, 4) is 17.2 Å². The van der Waals surface area contributed by atoms with Crippen molar-refractivity contribution in [2.75, 3.05) is 27.9 Å². The van der Waals surface area contributed by atoms with Crippen molar-refractivity contribution in [3.05, 3.63) is 97.2 Å². The SMILES string of the molecule is C=CCOC(=O)C1=C(C)N=c2s/c(=C\c3ccc(OC)cc3)c(=O)n2C1c1ccc(OC)c(OC)c1. The minimum Gasteiger partial charge on any atom is -0.497 e. The molecule has 4 rings (SSSR count). The summed E-state index contributed by atoms with van der Waals surface area (Å²) in [5.74, 6) is 1.16. The second-order valence-electron chi connectivity index (χ2n) is 7.86. The van der Waals surface area contributed by atoms with Crippen molar-refractivity contribution in [1.82, 2.24) is 4.57 Å². The minimum atomic E-state index is -0.767. The molecule has 0 saturated heterocycles. The molecule has 0 radical (unpaired) electrons. The maximum atomic E-state index is 13.7. The number of carbonyl (C=O) groups is 1. The summed E-state index contributed by atoms with van der Waals surface area (Å²) in [5, 5.41) is 0. The van der Waals surface area contributed by atoms with Gasteiger partial charge in [-0.1, -0.05) is 42.2 Å². The molecule has 1 atom stereocenters. The van der Waals surface area contributed by atoms with Crippen molar-refractivity contribution in [1.29, 1.82) is 0 Å². The second-order valence-corrected chi connectivity index (χ2v) is 8.87. The molecule has 0 amide bonds. The third kappa shape index (κ3) is 4.70. The molecule has 3 aromatic rings. The molecule has 8 nitrogen and oxygen atoms in total. The molecule has 1 aromatic heterocycles. The van der Waals surface area contributed by atoms with Crippen molar-refractivity contribution in [2.24, 2.45) is 4.99 Å². The summed E-state index contributed by atoms with van der Waals surface area (Å²) in [4.78, 5) is 31.9. The monoisotopic (exact) mass is 506 g/mol. The van der Waals surface area contributed by atoms with Crippen LogP contribution in [0.15, 0.2) is 76.2 Å². The Hall–Kier alpha value is -4.11. The number of allylic oxidation sites excluding steroid dienone is 1. The first-order valence-corrected chi connectivity index (χ1v) is 11.9. The smallest absolute Gasteiger partial charge is 0.338 e. The lowest BCUT2D eigenvalue weighted by atomic mass is 9.95. The topological polar surface area (TPSA) is 88.4 Å². The van der Waals surface area contributed by atoms with Gasteiger partial charge in [-0.15, -0.1) is 0 Å². The molecule has 0 fully saturated rings. The van der Waals surface area contributed by atoms with E-state index in [9.17, 15) is 9.59 Å². The van der Waals surface area contributed by atoms with E-state index in [0.29, 0.717) is 32.1 Å². The van der Waals surface area contributed by atoms with Crippen LogP contribution >= 0.6 is 11.3 Å². The van der Waals surface area contributed by atoms with Crippen LogP contribution in [0.4, 0.5) is 0 Å². The van der Waals surface area contributed by atoms with E-state index in [4.69, 9.17) is 18.9 Å². The molecule has 0 bridgehead atoms. The lowest BCUT2D eigenvalue weighted by Gasteiger charge is -2.25. The molecule has 0 spiro atoms. The van der Waals surface area contributed by atoms with E-state index in [-0.39, 0.29) is 17.7 Å². The number of ether oxygens (including phenoxy) is 4. The first kappa shape index (κ1) is 25.0. The molecule has 1 aliphatic heterocycles. The van der Waals surface area contributed by atoms with Gasteiger partial charge in [0, 0.05) is 0 Å². The van der Waals surface area contributed by atoms with Gasteiger partial charge >= 0.3 is 5.97 Å². The fourth-order valence-corrected chi connectivity index (χ4v) is 5.03. The van der Waals surface area contributed by atoms with Gasteiger partial charge in [-0.25, -0.2) is 9.79 Å². The van der Waals surface area contributed by atoms with Crippen LogP contribution in [0.3, 0.4) is 0 Å². The first-order valence-electron chi connectivity index (χ1n) is 11.1. The van der Waals surface area contributed by atoms with E-state index in [0.717, 1.165) is 11.3 Å². The third-order valence-electron chi connectivity index (χ3n) is 5.71. The molecule has 186 valence electrons. The second kappa shape index (κ2) is 10.7. The molecule has 36 heavy (non-hydrogen) atoms. The van der Waals surface area contributed by atoms with Crippen molar-refractivity contribution in [3.63, 3.8) is 0 Å². The molecule has 9 heteroatoms. The number of hydrogen-bond acceptors (Lipinski definition) is 8. The molecule has 0 aliphatic carbocycles. The van der Waals surface area contributed by atoms with Crippen LogP contribution in [0.2, 0.25) is 0 Å². The van der Waals surface area contributed by atoms with Gasteiger partial charge in [0.2, 0.25) is 0 Å². The highest BCUT2D eigenvalue weighted by atomic mass is 32.1. The van der Waals surface area contributed by atoms with Gasteiger partial charge in [0.1, 0.15) is 12.4 Å². The van der Waals surface area contributed by atoms with Gasteiger partial charge in [0.15, 0.2) is 16.3 Å². The molecule has 1 aliphatic rings. The van der Waals surface area contributed by atoms with Crippen LogP contribution in [0.1, 0.15) is 24.1 Å². The average Bonchev–Trinajstić information content (AvgIpc) is 3.20. The molecule has 2 heterocycles. The van der Waals surface area contributed by atoms with Gasteiger partial charge in [0.25, 0.3) is 5.56 Å². The van der Waals surface area contributed by atoms with Gasteiger partial charge in [0.05, 0.1) is 43.2 Å². The number of hydrogen-bond donors (Lipinski definition) is 0. The first-order chi connectivity index (χ1) is 17.4. The summed E-state index contributed by atoms with van der Waals surface area (Å²) in [6.07, 6.45) is 3.28. The van der Waals surface area contributed by atoms with E-state index >= 15 is 0 Å². The third-order valence-corrected chi connectivity index (χ3v) is 6.69. The summed E-state index contributed by atoms with van der Waals surface area (Å²) in [6, 6.07) is 11.9. The number of thiazole rings is 1. The maximum Gasteiger partial charge on any atom is 0.338 e. The molecule has 0 N–H and O–H groups in total. The van der Waals surface area contributed by atoms with E-state index < -0.39 is 12.0 Å². The Kier molecular flexibility index (Phi) is 7.40. The zero-order valence-electron chi connectivity index (χ0n) is 20.4. The predicted octanol–water partition coefficient (Wildman–Crippen LogP) is 2.99. The van der Waals surface area contributed by atoms with E-state index in [1.165, 1.54) is 29.1 Å². The number of nitrogens with zero attached hydrogens (tertiary/aromatic N) is 2. The Labute approximate surface area is 212 Å². The standard InChI is InChI=1S/C27H26N2O6S/c1-6-13-35-26(31)23-16(2)28-27-29(24(23)18-9-12-20(33-4)21(15-18)34-5)25(30)22(36-27)14-17-7-10-19(32-3)11-8-17/h6-12,14-15,24H,1,13H2,2-5H3/b22-14-.